The summed E-state index contributed by atoms with van der Waals surface area (Å²) in [5.74, 6) is 0. The van der Waals surface area contributed by atoms with Crippen LogP contribution in [-0.4, -0.2) is 9.78 Å². The highest BCUT2D eigenvalue weighted by atomic mass is 79.9. The molecule has 1 heterocycles. The lowest BCUT2D eigenvalue weighted by Gasteiger charge is -2.11. The molecule has 0 amide bonds. The smallest absolute Gasteiger partial charge is 0.0635 e. The van der Waals surface area contributed by atoms with Gasteiger partial charge in [-0.25, -0.2) is 0 Å². The average Bonchev–Trinajstić information content (AvgIpc) is 2.64. The molecule has 0 unspecified atom stereocenters. The molecule has 0 aromatic carbocycles. The van der Waals surface area contributed by atoms with Crippen molar-refractivity contribution in [2.45, 2.75) is 38.6 Å². The van der Waals surface area contributed by atoms with Crippen molar-refractivity contribution in [2.75, 3.05) is 0 Å². The second-order valence-corrected chi connectivity index (χ2v) is 4.32. The van der Waals surface area contributed by atoms with E-state index in [1.54, 1.807) is 0 Å². The molecule has 1 fully saturated rings. The second kappa shape index (κ2) is 3.21. The van der Waals surface area contributed by atoms with Crippen molar-refractivity contribution >= 4 is 15.9 Å². The van der Waals surface area contributed by atoms with Crippen molar-refractivity contribution in [1.29, 1.82) is 0 Å². The molecule has 1 aliphatic carbocycles. The summed E-state index contributed by atoms with van der Waals surface area (Å²) < 4.78 is 3.30. The van der Waals surface area contributed by atoms with E-state index in [4.69, 9.17) is 0 Å². The molecule has 0 spiro atoms. The monoisotopic (exact) mass is 228 g/mol. The minimum atomic E-state index is 0.663. The number of nitrogens with zero attached hydrogens (tertiary/aromatic N) is 2. The lowest BCUT2D eigenvalue weighted by molar-refractivity contribution is 0.456. The Morgan fingerprint density at radius 3 is 2.67 bits per heavy atom. The molecular formula is C9H13BrN2. The maximum atomic E-state index is 4.37. The van der Waals surface area contributed by atoms with Gasteiger partial charge in [-0.05, 0) is 35.7 Å². The van der Waals surface area contributed by atoms with E-state index >= 15 is 0 Å². The van der Waals surface area contributed by atoms with Crippen LogP contribution in [0.1, 0.15) is 37.4 Å². The lowest BCUT2D eigenvalue weighted by atomic mass is 10.2. The van der Waals surface area contributed by atoms with Crippen LogP contribution in [-0.2, 0) is 0 Å². The number of hydrogen-bond acceptors (Lipinski definition) is 1. The number of aromatic nitrogens is 2. The van der Waals surface area contributed by atoms with E-state index in [1.807, 2.05) is 6.20 Å². The van der Waals surface area contributed by atoms with Gasteiger partial charge in [0.1, 0.15) is 0 Å². The zero-order valence-electron chi connectivity index (χ0n) is 7.26. The molecule has 1 saturated carbocycles. The zero-order chi connectivity index (χ0) is 8.55. The fourth-order valence-corrected chi connectivity index (χ4v) is 2.19. The summed E-state index contributed by atoms with van der Waals surface area (Å²) in [5.41, 5.74) is 1.27. The first-order valence-electron chi connectivity index (χ1n) is 4.48. The molecule has 1 aromatic heterocycles. The SMILES string of the molecule is Cc1c(Br)cnn1C1CCCC1. The second-order valence-electron chi connectivity index (χ2n) is 3.46. The van der Waals surface area contributed by atoms with E-state index in [2.05, 4.69) is 32.6 Å². The molecule has 3 heteroatoms. The van der Waals surface area contributed by atoms with E-state index in [1.165, 1.54) is 31.4 Å². The van der Waals surface area contributed by atoms with Gasteiger partial charge in [-0.2, -0.15) is 5.10 Å². The van der Waals surface area contributed by atoms with Crippen LogP contribution in [0.2, 0.25) is 0 Å². The van der Waals surface area contributed by atoms with Crippen LogP contribution in [0.3, 0.4) is 0 Å². The van der Waals surface area contributed by atoms with Gasteiger partial charge in [0.15, 0.2) is 0 Å². The minimum absolute atomic E-state index is 0.663. The van der Waals surface area contributed by atoms with Crippen LogP contribution in [0, 0.1) is 6.92 Å². The summed E-state index contributed by atoms with van der Waals surface area (Å²) in [6, 6.07) is 0.663. The quantitative estimate of drug-likeness (QED) is 0.723. The summed E-state index contributed by atoms with van der Waals surface area (Å²) >= 11 is 3.48. The fraction of sp³-hybridized carbons (Fsp3) is 0.667. The highest BCUT2D eigenvalue weighted by Crippen LogP contribution is 2.31. The van der Waals surface area contributed by atoms with Crippen molar-refractivity contribution in [1.82, 2.24) is 9.78 Å². The van der Waals surface area contributed by atoms with Gasteiger partial charge >= 0.3 is 0 Å². The average molecular weight is 229 g/mol. The van der Waals surface area contributed by atoms with Crippen LogP contribution in [0.5, 0.6) is 0 Å². The van der Waals surface area contributed by atoms with E-state index in [0.29, 0.717) is 6.04 Å². The van der Waals surface area contributed by atoms with Crippen LogP contribution in [0.25, 0.3) is 0 Å². The molecular weight excluding hydrogens is 216 g/mol. The molecule has 0 aliphatic heterocycles. The van der Waals surface area contributed by atoms with Gasteiger partial charge in [0.05, 0.1) is 16.7 Å². The Hall–Kier alpha value is -0.310. The fourth-order valence-electron chi connectivity index (χ4n) is 1.92. The Labute approximate surface area is 81.1 Å². The number of halogens is 1. The van der Waals surface area contributed by atoms with Crippen molar-refractivity contribution in [3.8, 4) is 0 Å². The molecule has 0 radical (unpaired) electrons. The van der Waals surface area contributed by atoms with Gasteiger partial charge in [0.25, 0.3) is 0 Å². The van der Waals surface area contributed by atoms with Gasteiger partial charge in [0, 0.05) is 5.69 Å². The highest BCUT2D eigenvalue weighted by Gasteiger charge is 2.19. The molecule has 1 aromatic rings. The maximum absolute atomic E-state index is 4.37. The molecule has 0 saturated heterocycles. The summed E-state index contributed by atoms with van der Waals surface area (Å²) in [6.07, 6.45) is 7.22. The van der Waals surface area contributed by atoms with E-state index < -0.39 is 0 Å². The summed E-state index contributed by atoms with van der Waals surface area (Å²) in [6.45, 7) is 2.12. The highest BCUT2D eigenvalue weighted by molar-refractivity contribution is 9.10. The zero-order valence-corrected chi connectivity index (χ0v) is 8.84. The van der Waals surface area contributed by atoms with Crippen LogP contribution in [0.4, 0.5) is 0 Å². The van der Waals surface area contributed by atoms with Crippen molar-refractivity contribution in [3.63, 3.8) is 0 Å². The van der Waals surface area contributed by atoms with Gasteiger partial charge in [-0.15, -0.1) is 0 Å². The summed E-state index contributed by atoms with van der Waals surface area (Å²) in [4.78, 5) is 0. The Balaban J connectivity index is 2.26. The van der Waals surface area contributed by atoms with Crippen LogP contribution < -0.4 is 0 Å². The van der Waals surface area contributed by atoms with Crippen LogP contribution in [0.15, 0.2) is 10.7 Å². The summed E-state index contributed by atoms with van der Waals surface area (Å²) in [7, 11) is 0. The van der Waals surface area contributed by atoms with Crippen molar-refractivity contribution < 1.29 is 0 Å². The Kier molecular flexibility index (Phi) is 2.22. The first-order chi connectivity index (χ1) is 5.79. The predicted octanol–water partition coefficient (Wildman–Crippen LogP) is 3.07. The van der Waals surface area contributed by atoms with Gasteiger partial charge in [-0.1, -0.05) is 12.8 Å². The van der Waals surface area contributed by atoms with Crippen molar-refractivity contribution in [3.05, 3.63) is 16.4 Å². The number of rotatable bonds is 1. The molecule has 2 nitrogen and oxygen atoms in total. The van der Waals surface area contributed by atoms with Gasteiger partial charge in [0.2, 0.25) is 0 Å². The predicted molar refractivity (Wildman–Crippen MR) is 52.2 cm³/mol. The normalized spacial score (nSPS) is 18.8. The molecule has 0 N–H and O–H groups in total. The Morgan fingerprint density at radius 2 is 2.17 bits per heavy atom. The molecule has 12 heavy (non-hydrogen) atoms. The van der Waals surface area contributed by atoms with E-state index in [-0.39, 0.29) is 0 Å². The Morgan fingerprint density at radius 1 is 1.50 bits per heavy atom. The third-order valence-electron chi connectivity index (χ3n) is 2.66. The minimum Gasteiger partial charge on any atom is -0.266 e. The third-order valence-corrected chi connectivity index (χ3v) is 3.43. The van der Waals surface area contributed by atoms with Crippen molar-refractivity contribution in [2.24, 2.45) is 0 Å². The van der Waals surface area contributed by atoms with E-state index in [9.17, 15) is 0 Å². The molecule has 2 rings (SSSR count). The summed E-state index contributed by atoms with van der Waals surface area (Å²) in [5, 5.41) is 4.37. The van der Waals surface area contributed by atoms with Gasteiger partial charge < -0.3 is 0 Å². The molecule has 66 valence electrons. The molecule has 0 bridgehead atoms. The maximum Gasteiger partial charge on any atom is 0.0635 e. The third kappa shape index (κ3) is 1.30. The van der Waals surface area contributed by atoms with E-state index in [0.717, 1.165) is 4.47 Å². The molecule has 0 atom stereocenters. The largest absolute Gasteiger partial charge is 0.266 e. The topological polar surface area (TPSA) is 17.8 Å². The number of hydrogen-bond donors (Lipinski definition) is 0. The van der Waals surface area contributed by atoms with Crippen LogP contribution >= 0.6 is 15.9 Å². The first-order valence-corrected chi connectivity index (χ1v) is 5.28. The Bertz CT molecular complexity index is 274. The lowest BCUT2D eigenvalue weighted by Crippen LogP contribution is -2.07. The van der Waals surface area contributed by atoms with Gasteiger partial charge in [-0.3, -0.25) is 4.68 Å². The standard InChI is InChI=1S/C9H13BrN2/c1-7-9(10)6-11-12(7)8-4-2-3-5-8/h6,8H,2-5H2,1H3. The first kappa shape index (κ1) is 8.30. The molecule has 1 aliphatic rings.